The highest BCUT2D eigenvalue weighted by Gasteiger charge is 2.02. The van der Waals surface area contributed by atoms with Crippen molar-refractivity contribution in [1.29, 1.82) is 0 Å². The summed E-state index contributed by atoms with van der Waals surface area (Å²) >= 11 is 5.78. The highest BCUT2D eigenvalue weighted by molar-refractivity contribution is 6.30. The summed E-state index contributed by atoms with van der Waals surface area (Å²) in [5, 5.41) is 7.81. The summed E-state index contributed by atoms with van der Waals surface area (Å²) in [6, 6.07) is 0. The van der Waals surface area contributed by atoms with Crippen molar-refractivity contribution in [3.63, 3.8) is 0 Å². The minimum absolute atomic E-state index is 0.502. The Morgan fingerprint density at radius 2 is 2.11 bits per heavy atom. The molecule has 0 atom stereocenters. The normalized spacial score (nSPS) is 10.8. The fourth-order valence-electron chi connectivity index (χ4n) is 1.37. The fourth-order valence-corrected chi connectivity index (χ4v) is 1.51. The van der Waals surface area contributed by atoms with Crippen molar-refractivity contribution in [2.45, 2.75) is 6.54 Å². The van der Waals surface area contributed by atoms with Crippen LogP contribution in [-0.4, -0.2) is 40.0 Å². The van der Waals surface area contributed by atoms with Gasteiger partial charge in [-0.05, 0) is 0 Å². The van der Waals surface area contributed by atoms with Crippen LogP contribution in [0.25, 0.3) is 5.95 Å². The zero-order chi connectivity index (χ0) is 12.8. The summed E-state index contributed by atoms with van der Waals surface area (Å²) in [5.41, 5.74) is 1.01. The predicted molar refractivity (Wildman–Crippen MR) is 67.7 cm³/mol. The molecular formula is C11H14ClN5O. The lowest BCUT2D eigenvalue weighted by Crippen LogP contribution is -2.18. The van der Waals surface area contributed by atoms with E-state index in [2.05, 4.69) is 20.4 Å². The van der Waals surface area contributed by atoms with Gasteiger partial charge in [-0.2, -0.15) is 5.10 Å². The highest BCUT2D eigenvalue weighted by Crippen LogP contribution is 2.08. The minimum atomic E-state index is 0.502. The molecule has 2 aromatic heterocycles. The molecule has 0 spiro atoms. The second-order valence-corrected chi connectivity index (χ2v) is 4.10. The van der Waals surface area contributed by atoms with E-state index < -0.39 is 0 Å². The summed E-state index contributed by atoms with van der Waals surface area (Å²) in [5.74, 6) is 0.502. The molecule has 2 aromatic rings. The molecule has 0 saturated carbocycles. The van der Waals surface area contributed by atoms with Crippen molar-refractivity contribution >= 4 is 11.6 Å². The standard InChI is InChI=1S/C11H14ClN5O/c1-18-3-2-13-4-9-5-14-11(15-6-9)17-8-10(12)7-16-17/h5-8,13H,2-4H2,1H3. The van der Waals surface area contributed by atoms with Gasteiger partial charge in [-0.3, -0.25) is 0 Å². The van der Waals surface area contributed by atoms with Crippen LogP contribution in [0.4, 0.5) is 0 Å². The number of aromatic nitrogens is 4. The molecule has 0 aromatic carbocycles. The number of halogens is 1. The Hall–Kier alpha value is -1.50. The Bertz CT molecular complexity index is 484. The zero-order valence-corrected chi connectivity index (χ0v) is 10.8. The monoisotopic (exact) mass is 267 g/mol. The average Bonchev–Trinajstić information content (AvgIpc) is 2.82. The number of nitrogens with zero attached hydrogens (tertiary/aromatic N) is 4. The number of nitrogens with one attached hydrogen (secondary N) is 1. The second-order valence-electron chi connectivity index (χ2n) is 3.66. The van der Waals surface area contributed by atoms with Crippen LogP contribution in [0.2, 0.25) is 5.02 Å². The number of hydrogen-bond donors (Lipinski definition) is 1. The maximum absolute atomic E-state index is 5.78. The van der Waals surface area contributed by atoms with E-state index in [9.17, 15) is 0 Å². The van der Waals surface area contributed by atoms with Crippen LogP contribution in [0.3, 0.4) is 0 Å². The zero-order valence-electron chi connectivity index (χ0n) is 10.0. The van der Waals surface area contributed by atoms with E-state index in [0.717, 1.165) is 12.1 Å². The van der Waals surface area contributed by atoms with Gasteiger partial charge in [0.1, 0.15) is 0 Å². The third-order valence-electron chi connectivity index (χ3n) is 2.26. The molecule has 0 saturated heterocycles. The van der Waals surface area contributed by atoms with E-state index >= 15 is 0 Å². The van der Waals surface area contributed by atoms with E-state index in [-0.39, 0.29) is 0 Å². The largest absolute Gasteiger partial charge is 0.383 e. The molecule has 0 aliphatic carbocycles. The van der Waals surface area contributed by atoms with E-state index in [1.807, 2.05) is 0 Å². The second kappa shape index (κ2) is 6.44. The first-order valence-corrected chi connectivity index (χ1v) is 5.88. The summed E-state index contributed by atoms with van der Waals surface area (Å²) in [4.78, 5) is 8.44. The van der Waals surface area contributed by atoms with Gasteiger partial charge in [0.05, 0.1) is 24.0 Å². The van der Waals surface area contributed by atoms with Gasteiger partial charge in [-0.1, -0.05) is 11.6 Å². The predicted octanol–water partition coefficient (Wildman–Crippen LogP) is 1.05. The van der Waals surface area contributed by atoms with Crippen molar-refractivity contribution < 1.29 is 4.74 Å². The Balaban J connectivity index is 1.93. The number of ether oxygens (including phenoxy) is 1. The van der Waals surface area contributed by atoms with Crippen LogP contribution in [0.15, 0.2) is 24.8 Å². The summed E-state index contributed by atoms with van der Waals surface area (Å²) in [6.07, 6.45) is 6.73. The first-order valence-electron chi connectivity index (χ1n) is 5.50. The SMILES string of the molecule is COCCNCc1cnc(-n2cc(Cl)cn2)nc1. The van der Waals surface area contributed by atoms with E-state index in [1.165, 1.54) is 4.68 Å². The maximum Gasteiger partial charge on any atom is 0.250 e. The molecule has 1 N–H and O–H groups in total. The van der Waals surface area contributed by atoms with Crippen molar-refractivity contribution in [3.8, 4) is 5.95 Å². The molecule has 0 bridgehead atoms. The first-order chi connectivity index (χ1) is 8.79. The van der Waals surface area contributed by atoms with Crippen LogP contribution >= 0.6 is 11.6 Å². The van der Waals surface area contributed by atoms with Crippen molar-refractivity contribution in [2.24, 2.45) is 0 Å². The van der Waals surface area contributed by atoms with Crippen LogP contribution in [0, 0.1) is 0 Å². The molecule has 0 fully saturated rings. The van der Waals surface area contributed by atoms with Crippen LogP contribution in [0.1, 0.15) is 5.56 Å². The molecule has 0 amide bonds. The van der Waals surface area contributed by atoms with Gasteiger partial charge in [-0.25, -0.2) is 14.6 Å². The van der Waals surface area contributed by atoms with Gasteiger partial charge in [0, 0.05) is 38.2 Å². The van der Waals surface area contributed by atoms with Crippen molar-refractivity contribution in [2.75, 3.05) is 20.3 Å². The lowest BCUT2D eigenvalue weighted by Gasteiger charge is -2.04. The lowest BCUT2D eigenvalue weighted by molar-refractivity contribution is 0.199. The lowest BCUT2D eigenvalue weighted by atomic mass is 10.3. The first kappa shape index (κ1) is 12.9. The van der Waals surface area contributed by atoms with Gasteiger partial charge < -0.3 is 10.1 Å². The third-order valence-corrected chi connectivity index (χ3v) is 2.45. The molecule has 6 nitrogen and oxygen atoms in total. The van der Waals surface area contributed by atoms with E-state index in [0.29, 0.717) is 24.1 Å². The van der Waals surface area contributed by atoms with Crippen molar-refractivity contribution in [3.05, 3.63) is 35.4 Å². The van der Waals surface area contributed by atoms with Gasteiger partial charge in [0.25, 0.3) is 0 Å². The van der Waals surface area contributed by atoms with Crippen LogP contribution in [0.5, 0.6) is 0 Å². The summed E-state index contributed by atoms with van der Waals surface area (Å²) in [6.45, 7) is 2.20. The number of methoxy groups -OCH3 is 1. The van der Waals surface area contributed by atoms with Gasteiger partial charge in [-0.15, -0.1) is 0 Å². The maximum atomic E-state index is 5.78. The smallest absolute Gasteiger partial charge is 0.250 e. The average molecular weight is 268 g/mol. The van der Waals surface area contributed by atoms with E-state index in [4.69, 9.17) is 16.3 Å². The van der Waals surface area contributed by atoms with Crippen LogP contribution in [-0.2, 0) is 11.3 Å². The molecule has 0 radical (unpaired) electrons. The topological polar surface area (TPSA) is 64.9 Å². The molecule has 0 aliphatic heterocycles. The molecule has 0 unspecified atom stereocenters. The Morgan fingerprint density at radius 3 is 2.72 bits per heavy atom. The molecule has 96 valence electrons. The molecule has 7 heteroatoms. The summed E-state index contributed by atoms with van der Waals surface area (Å²) < 4.78 is 6.47. The summed E-state index contributed by atoms with van der Waals surface area (Å²) in [7, 11) is 1.68. The molecule has 0 aliphatic rings. The molecular weight excluding hydrogens is 254 g/mol. The molecule has 2 heterocycles. The molecule has 2 rings (SSSR count). The van der Waals surface area contributed by atoms with Crippen LogP contribution < -0.4 is 5.32 Å². The fraction of sp³-hybridized carbons (Fsp3) is 0.364. The van der Waals surface area contributed by atoms with E-state index in [1.54, 1.807) is 31.9 Å². The quantitative estimate of drug-likeness (QED) is 0.793. The van der Waals surface area contributed by atoms with Gasteiger partial charge >= 0.3 is 0 Å². The Kier molecular flexibility index (Phi) is 4.63. The Morgan fingerprint density at radius 1 is 1.33 bits per heavy atom. The third kappa shape index (κ3) is 3.49. The minimum Gasteiger partial charge on any atom is -0.383 e. The van der Waals surface area contributed by atoms with Gasteiger partial charge in [0.15, 0.2) is 0 Å². The number of hydrogen-bond acceptors (Lipinski definition) is 5. The number of rotatable bonds is 6. The van der Waals surface area contributed by atoms with Crippen molar-refractivity contribution in [1.82, 2.24) is 25.1 Å². The van der Waals surface area contributed by atoms with Gasteiger partial charge in [0.2, 0.25) is 5.95 Å². The highest BCUT2D eigenvalue weighted by atomic mass is 35.5. The Labute approximate surface area is 110 Å². The molecule has 18 heavy (non-hydrogen) atoms.